The minimum atomic E-state index is -2.21. The summed E-state index contributed by atoms with van der Waals surface area (Å²) in [6.07, 6.45) is 0. The Hall–Kier alpha value is -6.44. The zero-order valence-corrected chi connectivity index (χ0v) is 24.3. The Balaban J connectivity index is 1.29. The highest BCUT2D eigenvalue weighted by molar-refractivity contribution is 6.45. The molecule has 0 spiro atoms. The zero-order valence-electron chi connectivity index (χ0n) is 24.3. The van der Waals surface area contributed by atoms with Gasteiger partial charge in [-0.15, -0.1) is 0 Å². The standard InChI is InChI=1S/C36H10F8N2O4/c37-19-9-21(29(41)31(43)27(19)39)45-33(47)15-5-1-11-12-2-6-17-26-18(36(50)46(35(17)49)22-10-20(38)28(40)32(44)30(22)42)8-4-14(24(12)26)13-3-7-16(34(45)48)25(15)23(11)13/h1-10H. The molecule has 7 aromatic rings. The first-order valence-electron chi connectivity index (χ1n) is 14.5. The fourth-order valence-electron chi connectivity index (χ4n) is 7.15. The van der Waals surface area contributed by atoms with Crippen molar-refractivity contribution < 1.29 is 54.3 Å². The third-order valence-electron chi connectivity index (χ3n) is 9.28. The van der Waals surface area contributed by atoms with Gasteiger partial charge in [-0.25, -0.2) is 44.9 Å². The molecule has 0 aromatic heterocycles. The number of imide groups is 2. The largest absolute Gasteiger partial charge is 0.268 e. The Labute approximate surface area is 271 Å². The van der Waals surface area contributed by atoms with Gasteiger partial charge >= 0.3 is 0 Å². The van der Waals surface area contributed by atoms with Crippen molar-refractivity contribution >= 4 is 78.1 Å². The van der Waals surface area contributed by atoms with E-state index in [9.17, 15) is 54.3 Å². The molecule has 0 fully saturated rings. The molecule has 244 valence electrons. The molecule has 0 saturated heterocycles. The van der Waals surface area contributed by atoms with E-state index >= 15 is 0 Å². The van der Waals surface area contributed by atoms with Gasteiger partial charge in [0.1, 0.15) is 0 Å². The first-order chi connectivity index (χ1) is 23.8. The van der Waals surface area contributed by atoms with Crippen molar-refractivity contribution in [2.75, 3.05) is 9.80 Å². The third-order valence-corrected chi connectivity index (χ3v) is 9.28. The maximum Gasteiger partial charge on any atom is 0.266 e. The van der Waals surface area contributed by atoms with Crippen molar-refractivity contribution in [3.8, 4) is 0 Å². The highest BCUT2D eigenvalue weighted by Crippen LogP contribution is 2.47. The molecule has 2 aliphatic rings. The van der Waals surface area contributed by atoms with Gasteiger partial charge in [0.25, 0.3) is 23.6 Å². The van der Waals surface area contributed by atoms with E-state index in [4.69, 9.17) is 0 Å². The summed E-state index contributed by atoms with van der Waals surface area (Å²) in [5.74, 6) is -20.8. The fraction of sp³-hybridized carbons (Fsp3) is 0. The molecule has 4 amide bonds. The normalized spacial score (nSPS) is 14.5. The summed E-state index contributed by atoms with van der Waals surface area (Å²) in [6, 6.07) is 11.5. The number of nitrogens with zero attached hydrogens (tertiary/aromatic N) is 2. The molecule has 0 aliphatic carbocycles. The smallest absolute Gasteiger partial charge is 0.266 e. The predicted molar refractivity (Wildman–Crippen MR) is 162 cm³/mol. The Kier molecular flexibility index (Phi) is 5.69. The second-order valence-electron chi connectivity index (χ2n) is 11.7. The number of carbonyl (C=O) groups is 4. The molecule has 0 bridgehead atoms. The zero-order chi connectivity index (χ0) is 35.2. The van der Waals surface area contributed by atoms with Crippen LogP contribution in [0.15, 0.2) is 60.7 Å². The molecule has 2 heterocycles. The molecule has 0 saturated carbocycles. The van der Waals surface area contributed by atoms with Crippen molar-refractivity contribution in [2.24, 2.45) is 0 Å². The van der Waals surface area contributed by atoms with Gasteiger partial charge in [-0.05, 0) is 56.6 Å². The van der Waals surface area contributed by atoms with Crippen LogP contribution in [-0.4, -0.2) is 23.6 Å². The van der Waals surface area contributed by atoms with Crippen molar-refractivity contribution in [1.82, 2.24) is 0 Å². The van der Waals surface area contributed by atoms with E-state index in [1.54, 1.807) is 0 Å². The second-order valence-corrected chi connectivity index (χ2v) is 11.7. The van der Waals surface area contributed by atoms with Crippen molar-refractivity contribution in [2.45, 2.75) is 0 Å². The van der Waals surface area contributed by atoms with Crippen LogP contribution < -0.4 is 9.80 Å². The lowest BCUT2D eigenvalue weighted by atomic mass is 9.82. The van der Waals surface area contributed by atoms with Crippen LogP contribution in [-0.2, 0) is 0 Å². The van der Waals surface area contributed by atoms with E-state index in [2.05, 4.69) is 0 Å². The average Bonchev–Trinajstić information content (AvgIpc) is 3.11. The lowest BCUT2D eigenvalue weighted by Gasteiger charge is -2.30. The molecule has 0 radical (unpaired) electrons. The van der Waals surface area contributed by atoms with Crippen LogP contribution in [0.1, 0.15) is 41.4 Å². The van der Waals surface area contributed by atoms with E-state index in [0.29, 0.717) is 32.3 Å². The van der Waals surface area contributed by atoms with Crippen molar-refractivity contribution in [3.05, 3.63) is 129 Å². The lowest BCUT2D eigenvalue weighted by molar-refractivity contribution is 0.0876. The van der Waals surface area contributed by atoms with Gasteiger partial charge in [0.2, 0.25) is 0 Å². The van der Waals surface area contributed by atoms with Crippen molar-refractivity contribution in [3.63, 3.8) is 0 Å². The van der Waals surface area contributed by atoms with Crippen LogP contribution in [0, 0.1) is 46.5 Å². The molecule has 50 heavy (non-hydrogen) atoms. The first kappa shape index (κ1) is 29.7. The summed E-state index contributed by atoms with van der Waals surface area (Å²) in [5.41, 5.74) is -2.87. The highest BCUT2D eigenvalue weighted by atomic mass is 19.2. The average molecular weight is 686 g/mol. The minimum Gasteiger partial charge on any atom is -0.268 e. The Morgan fingerprint density at radius 1 is 0.340 bits per heavy atom. The molecule has 7 aromatic carbocycles. The van der Waals surface area contributed by atoms with Gasteiger partial charge in [0, 0.05) is 45.2 Å². The molecular formula is C36H10F8N2O4. The van der Waals surface area contributed by atoms with Gasteiger partial charge in [0.15, 0.2) is 46.5 Å². The summed E-state index contributed by atoms with van der Waals surface area (Å²) in [6.45, 7) is 0. The van der Waals surface area contributed by atoms with Gasteiger partial charge in [-0.1, -0.05) is 24.3 Å². The maximum absolute atomic E-state index is 14.8. The van der Waals surface area contributed by atoms with Crippen LogP contribution in [0.4, 0.5) is 46.5 Å². The SMILES string of the molecule is O=C1c2ccc3c4ccc5c6c(ccc(c7ccc(c2c37)C(=O)N1c1cc(F)c(F)c(F)c1F)c64)C(=O)N(c1cc(F)c(F)c(F)c1F)C5=O. The third kappa shape index (κ3) is 3.41. The van der Waals surface area contributed by atoms with Crippen LogP contribution in [0.25, 0.3) is 43.1 Å². The number of carbonyl (C=O) groups excluding carboxylic acids is 4. The van der Waals surface area contributed by atoms with Gasteiger partial charge in [-0.3, -0.25) is 19.2 Å². The molecule has 0 atom stereocenters. The number of amides is 4. The molecule has 14 heteroatoms. The summed E-state index contributed by atoms with van der Waals surface area (Å²) in [5, 5.41) is 2.65. The molecular weight excluding hydrogens is 676 g/mol. The first-order valence-corrected chi connectivity index (χ1v) is 14.5. The molecule has 0 N–H and O–H groups in total. The number of hydrogen-bond donors (Lipinski definition) is 0. The van der Waals surface area contributed by atoms with Gasteiger partial charge in [-0.2, -0.15) is 0 Å². The number of fused-ring (bicyclic) bond motifs is 2. The molecule has 9 rings (SSSR count). The fourth-order valence-corrected chi connectivity index (χ4v) is 7.15. The molecule has 2 aliphatic heterocycles. The number of hydrogen-bond acceptors (Lipinski definition) is 4. The van der Waals surface area contributed by atoms with E-state index < -0.39 is 81.5 Å². The highest BCUT2D eigenvalue weighted by Gasteiger charge is 2.40. The summed E-state index contributed by atoms with van der Waals surface area (Å²) < 4.78 is 114. The monoisotopic (exact) mass is 686 g/mol. The van der Waals surface area contributed by atoms with E-state index in [1.807, 2.05) is 0 Å². The number of anilines is 2. The molecule has 6 nitrogen and oxygen atoms in total. The number of halogens is 8. The second kappa shape index (κ2) is 9.59. The topological polar surface area (TPSA) is 74.8 Å². The van der Waals surface area contributed by atoms with Crippen LogP contribution in [0.5, 0.6) is 0 Å². The summed E-state index contributed by atoms with van der Waals surface area (Å²) in [7, 11) is 0. The van der Waals surface area contributed by atoms with Gasteiger partial charge < -0.3 is 0 Å². The van der Waals surface area contributed by atoms with E-state index in [0.717, 1.165) is 0 Å². The Morgan fingerprint density at radius 3 is 0.900 bits per heavy atom. The van der Waals surface area contributed by atoms with E-state index in [1.165, 1.54) is 48.5 Å². The Morgan fingerprint density at radius 2 is 0.620 bits per heavy atom. The quantitative estimate of drug-likeness (QED) is 0.0457. The predicted octanol–water partition coefficient (Wildman–Crippen LogP) is 8.45. The van der Waals surface area contributed by atoms with E-state index in [-0.39, 0.29) is 55.0 Å². The minimum absolute atomic E-state index is 0.114. The number of rotatable bonds is 2. The van der Waals surface area contributed by atoms with Crippen LogP contribution in [0.3, 0.4) is 0 Å². The maximum atomic E-state index is 14.8. The summed E-state index contributed by atoms with van der Waals surface area (Å²) in [4.78, 5) is 55.3. The van der Waals surface area contributed by atoms with Gasteiger partial charge in [0.05, 0.1) is 11.4 Å². The Bertz CT molecular complexity index is 2540. The van der Waals surface area contributed by atoms with Crippen LogP contribution >= 0.6 is 0 Å². The molecule has 0 unspecified atom stereocenters. The summed E-state index contributed by atoms with van der Waals surface area (Å²) >= 11 is 0. The lowest BCUT2D eigenvalue weighted by Crippen LogP contribution is -2.41. The van der Waals surface area contributed by atoms with Crippen molar-refractivity contribution in [1.29, 1.82) is 0 Å². The number of benzene rings is 7. The van der Waals surface area contributed by atoms with Crippen LogP contribution in [0.2, 0.25) is 0 Å².